The normalized spacial score (nSPS) is 23.5. The van der Waals surface area contributed by atoms with E-state index < -0.39 is 0 Å². The molecule has 0 spiro atoms. The Morgan fingerprint density at radius 3 is 2.64 bits per heavy atom. The summed E-state index contributed by atoms with van der Waals surface area (Å²) < 4.78 is 18.2. The molecule has 1 aliphatic carbocycles. The van der Waals surface area contributed by atoms with Crippen LogP contribution in [0.5, 0.6) is 0 Å². The summed E-state index contributed by atoms with van der Waals surface area (Å²) in [7, 11) is 0. The van der Waals surface area contributed by atoms with E-state index in [0.29, 0.717) is 30.7 Å². The predicted molar refractivity (Wildman–Crippen MR) is 88.7 cm³/mol. The molecular formula is C18H21FN4O2. The largest absolute Gasteiger partial charge is 0.339 e. The number of aryl methyl sites for hydroxylation is 1. The van der Waals surface area contributed by atoms with Gasteiger partial charge in [-0.15, -0.1) is 0 Å². The third-order valence-electron chi connectivity index (χ3n) is 5.07. The summed E-state index contributed by atoms with van der Waals surface area (Å²) in [4.78, 5) is 18.6. The average molecular weight is 344 g/mol. The monoisotopic (exact) mass is 344 g/mol. The van der Waals surface area contributed by atoms with Gasteiger partial charge in [-0.2, -0.15) is 4.98 Å². The molecule has 0 unspecified atom stereocenters. The molecule has 2 fully saturated rings. The molecular weight excluding hydrogens is 323 g/mol. The van der Waals surface area contributed by atoms with Crippen molar-refractivity contribution in [3.63, 3.8) is 0 Å². The molecule has 2 amide bonds. The molecule has 0 radical (unpaired) electrons. The number of hydrogen-bond acceptors (Lipinski definition) is 4. The van der Waals surface area contributed by atoms with Crippen molar-refractivity contribution >= 4 is 6.03 Å². The number of hydrogen-bond donors (Lipinski definition) is 1. The minimum Gasteiger partial charge on any atom is -0.339 e. The van der Waals surface area contributed by atoms with Gasteiger partial charge in [-0.1, -0.05) is 17.3 Å². The van der Waals surface area contributed by atoms with Crippen LogP contribution in [0.25, 0.3) is 0 Å². The Hall–Kier alpha value is -2.44. The number of nitrogens with one attached hydrogen (secondary N) is 1. The Morgan fingerprint density at radius 1 is 1.28 bits per heavy atom. The number of carbonyl (C=O) groups is 1. The molecule has 2 atom stereocenters. The van der Waals surface area contributed by atoms with Gasteiger partial charge in [0, 0.05) is 31.0 Å². The maximum absolute atomic E-state index is 13.0. The molecule has 1 aliphatic heterocycles. The van der Waals surface area contributed by atoms with E-state index in [1.165, 1.54) is 12.1 Å². The molecule has 1 saturated heterocycles. The number of nitrogens with zero attached hydrogens (tertiary/aromatic N) is 3. The van der Waals surface area contributed by atoms with Crippen LogP contribution in [-0.4, -0.2) is 40.2 Å². The van der Waals surface area contributed by atoms with E-state index in [2.05, 4.69) is 15.5 Å². The maximum atomic E-state index is 13.0. The van der Waals surface area contributed by atoms with Crippen LogP contribution in [0.3, 0.4) is 0 Å². The number of benzene rings is 1. The van der Waals surface area contributed by atoms with E-state index in [-0.39, 0.29) is 23.8 Å². The number of halogens is 1. The van der Waals surface area contributed by atoms with Crippen LogP contribution in [-0.2, 0) is 0 Å². The summed E-state index contributed by atoms with van der Waals surface area (Å²) in [5.41, 5.74) is 1.08. The highest BCUT2D eigenvalue weighted by molar-refractivity contribution is 5.75. The van der Waals surface area contributed by atoms with Crippen LogP contribution in [0, 0.1) is 12.7 Å². The van der Waals surface area contributed by atoms with Gasteiger partial charge in [0.05, 0.1) is 0 Å². The lowest BCUT2D eigenvalue weighted by molar-refractivity contribution is 0.174. The first-order valence-corrected chi connectivity index (χ1v) is 8.71. The fraction of sp³-hybridized carbons (Fsp3) is 0.500. The minimum absolute atomic E-state index is 0.0187. The summed E-state index contributed by atoms with van der Waals surface area (Å²) in [6.07, 6.45) is 2.58. The quantitative estimate of drug-likeness (QED) is 0.929. The first-order valence-electron chi connectivity index (χ1n) is 8.71. The highest BCUT2D eigenvalue weighted by Crippen LogP contribution is 2.41. The van der Waals surface area contributed by atoms with Crippen molar-refractivity contribution in [2.45, 2.75) is 44.1 Å². The van der Waals surface area contributed by atoms with Gasteiger partial charge < -0.3 is 14.7 Å². The fourth-order valence-electron chi connectivity index (χ4n) is 3.49. The smallest absolute Gasteiger partial charge is 0.317 e. The second-order valence-electron chi connectivity index (χ2n) is 6.89. The third kappa shape index (κ3) is 3.50. The molecule has 1 saturated carbocycles. The average Bonchev–Trinajstić information content (AvgIpc) is 3.24. The molecule has 132 valence electrons. The zero-order valence-electron chi connectivity index (χ0n) is 14.1. The molecule has 0 bridgehead atoms. The van der Waals surface area contributed by atoms with Gasteiger partial charge in [0.25, 0.3) is 0 Å². The number of piperidine rings is 1. The summed E-state index contributed by atoms with van der Waals surface area (Å²) >= 11 is 0. The molecule has 4 rings (SSSR count). The van der Waals surface area contributed by atoms with E-state index in [1.54, 1.807) is 12.1 Å². The SMILES string of the molecule is Cc1noc(C2CCN(C(=O)N[C@H]3C[C@H]3c3ccc(F)cc3)CC2)n1. The molecule has 1 N–H and O–H groups in total. The van der Waals surface area contributed by atoms with Crippen LogP contribution in [0.1, 0.15) is 48.4 Å². The van der Waals surface area contributed by atoms with E-state index in [4.69, 9.17) is 4.52 Å². The standard InChI is InChI=1S/C18H21FN4O2/c1-11-20-17(25-22-11)13-6-8-23(9-7-13)18(24)21-16-10-15(16)12-2-4-14(19)5-3-12/h2-5,13,15-16H,6-10H2,1H3,(H,21,24)/t15-,16-/m0/s1. The van der Waals surface area contributed by atoms with Crippen molar-refractivity contribution in [2.24, 2.45) is 0 Å². The third-order valence-corrected chi connectivity index (χ3v) is 5.07. The van der Waals surface area contributed by atoms with Crippen LogP contribution in [0.4, 0.5) is 9.18 Å². The number of likely N-dealkylation sites (tertiary alicyclic amines) is 1. The van der Waals surface area contributed by atoms with E-state index >= 15 is 0 Å². The Morgan fingerprint density at radius 2 is 2.00 bits per heavy atom. The summed E-state index contributed by atoms with van der Waals surface area (Å²) in [5.74, 6) is 1.62. The Bertz CT molecular complexity index is 753. The van der Waals surface area contributed by atoms with Crippen LogP contribution in [0.2, 0.25) is 0 Å². The number of urea groups is 1. The van der Waals surface area contributed by atoms with E-state index in [0.717, 1.165) is 24.8 Å². The molecule has 2 heterocycles. The molecule has 1 aromatic heterocycles. The zero-order chi connectivity index (χ0) is 17.4. The second kappa shape index (κ2) is 6.46. The van der Waals surface area contributed by atoms with Gasteiger partial charge in [0.15, 0.2) is 5.82 Å². The summed E-state index contributed by atoms with van der Waals surface area (Å²) in [6, 6.07) is 6.66. The highest BCUT2D eigenvalue weighted by atomic mass is 19.1. The topological polar surface area (TPSA) is 71.3 Å². The Kier molecular flexibility index (Phi) is 4.15. The predicted octanol–water partition coefficient (Wildman–Crippen LogP) is 2.96. The van der Waals surface area contributed by atoms with E-state index in [1.807, 2.05) is 11.8 Å². The van der Waals surface area contributed by atoms with Gasteiger partial charge in [-0.05, 0) is 43.9 Å². The lowest BCUT2D eigenvalue weighted by atomic mass is 9.97. The van der Waals surface area contributed by atoms with Crippen LogP contribution in [0.15, 0.2) is 28.8 Å². The van der Waals surface area contributed by atoms with Crippen molar-refractivity contribution < 1.29 is 13.7 Å². The molecule has 1 aromatic carbocycles. The summed E-state index contributed by atoms with van der Waals surface area (Å²) in [6.45, 7) is 3.18. The summed E-state index contributed by atoms with van der Waals surface area (Å²) in [5, 5.41) is 6.92. The Balaban J connectivity index is 1.26. The van der Waals surface area contributed by atoms with Crippen molar-refractivity contribution in [1.29, 1.82) is 0 Å². The van der Waals surface area contributed by atoms with Crippen LogP contribution < -0.4 is 5.32 Å². The van der Waals surface area contributed by atoms with Crippen molar-refractivity contribution in [3.8, 4) is 0 Å². The van der Waals surface area contributed by atoms with Gasteiger partial charge in [0.2, 0.25) is 5.89 Å². The van der Waals surface area contributed by atoms with Crippen molar-refractivity contribution in [3.05, 3.63) is 47.4 Å². The highest BCUT2D eigenvalue weighted by Gasteiger charge is 2.40. The molecule has 2 aliphatic rings. The zero-order valence-corrected chi connectivity index (χ0v) is 14.1. The van der Waals surface area contributed by atoms with Gasteiger partial charge in [-0.3, -0.25) is 0 Å². The number of amides is 2. The number of carbonyl (C=O) groups excluding carboxylic acids is 1. The molecule has 6 nitrogen and oxygen atoms in total. The van der Waals surface area contributed by atoms with Gasteiger partial charge in [-0.25, -0.2) is 9.18 Å². The second-order valence-corrected chi connectivity index (χ2v) is 6.89. The van der Waals surface area contributed by atoms with Crippen LogP contribution >= 0.6 is 0 Å². The molecule has 25 heavy (non-hydrogen) atoms. The van der Waals surface area contributed by atoms with E-state index in [9.17, 15) is 9.18 Å². The Labute approximate surface area is 145 Å². The van der Waals surface area contributed by atoms with Gasteiger partial charge >= 0.3 is 6.03 Å². The number of aromatic nitrogens is 2. The fourth-order valence-corrected chi connectivity index (χ4v) is 3.49. The van der Waals surface area contributed by atoms with Gasteiger partial charge in [0.1, 0.15) is 5.82 Å². The lowest BCUT2D eigenvalue weighted by Crippen LogP contribution is -2.45. The van der Waals surface area contributed by atoms with Crippen molar-refractivity contribution in [2.75, 3.05) is 13.1 Å². The minimum atomic E-state index is -0.232. The van der Waals surface area contributed by atoms with Crippen molar-refractivity contribution in [1.82, 2.24) is 20.4 Å². The molecule has 2 aromatic rings. The molecule has 7 heteroatoms. The number of rotatable bonds is 3. The lowest BCUT2D eigenvalue weighted by Gasteiger charge is -2.30. The first kappa shape index (κ1) is 16.1. The maximum Gasteiger partial charge on any atom is 0.317 e. The first-order chi connectivity index (χ1) is 12.1.